The Labute approximate surface area is 200 Å². The van der Waals surface area contributed by atoms with Crippen molar-refractivity contribution in [3.05, 3.63) is 97.7 Å². The van der Waals surface area contributed by atoms with E-state index >= 15 is 0 Å². The highest BCUT2D eigenvalue weighted by Crippen LogP contribution is 2.20. The Hall–Kier alpha value is -3.10. The van der Waals surface area contributed by atoms with Crippen LogP contribution in [0.15, 0.2) is 86.5 Å². The second-order valence-corrected chi connectivity index (χ2v) is 8.33. The van der Waals surface area contributed by atoms with Crippen molar-refractivity contribution in [2.45, 2.75) is 6.92 Å². The molecule has 0 amide bonds. The van der Waals surface area contributed by atoms with Crippen LogP contribution in [0.4, 0.5) is 0 Å². The van der Waals surface area contributed by atoms with Crippen LogP contribution >= 0.6 is 31.9 Å². The second-order valence-electron chi connectivity index (χ2n) is 6.50. The summed E-state index contributed by atoms with van der Waals surface area (Å²) in [4.78, 5) is 41.7. The molecule has 0 bridgehead atoms. The molecule has 3 aromatic carbocycles. The van der Waals surface area contributed by atoms with E-state index in [-0.39, 0.29) is 12.2 Å². The maximum Gasteiger partial charge on any atom is 0.379 e. The Kier molecular flexibility index (Phi) is 8.08. The van der Waals surface area contributed by atoms with Crippen molar-refractivity contribution >= 4 is 54.6 Å². The van der Waals surface area contributed by atoms with Gasteiger partial charge in [-0.3, -0.25) is 9.59 Å². The number of hydrogen-bond acceptors (Lipinski definition) is 5. The number of nitrogens with one attached hydrogen (secondary N) is 1. The summed E-state index contributed by atoms with van der Waals surface area (Å²) >= 11 is 6.61. The van der Waals surface area contributed by atoms with Crippen LogP contribution in [0.5, 0.6) is 0 Å². The van der Waals surface area contributed by atoms with E-state index in [1.807, 2.05) is 48.5 Å². The number of carbonyl (C=O) groups is 2. The number of rotatable bonds is 4. The minimum Gasteiger partial charge on any atom is -0.460 e. The molecular formula is C24H18Br2N2O4. The molecule has 1 heterocycles. The van der Waals surface area contributed by atoms with Gasteiger partial charge in [0.15, 0.2) is 0 Å². The van der Waals surface area contributed by atoms with Crippen molar-refractivity contribution in [2.24, 2.45) is 0 Å². The van der Waals surface area contributed by atoms with Gasteiger partial charge in [-0.1, -0.05) is 68.3 Å². The second kappa shape index (κ2) is 11.0. The van der Waals surface area contributed by atoms with Gasteiger partial charge in [-0.2, -0.15) is 0 Å². The van der Waals surface area contributed by atoms with Gasteiger partial charge in [-0.15, -0.1) is 0 Å². The van der Waals surface area contributed by atoms with Gasteiger partial charge in [-0.25, -0.2) is 9.78 Å². The molecule has 8 heteroatoms. The Morgan fingerprint density at radius 3 is 2.31 bits per heavy atom. The van der Waals surface area contributed by atoms with E-state index in [0.29, 0.717) is 11.3 Å². The van der Waals surface area contributed by atoms with Crippen LogP contribution in [0.3, 0.4) is 0 Å². The van der Waals surface area contributed by atoms with Crippen molar-refractivity contribution in [2.75, 3.05) is 6.61 Å². The molecule has 162 valence electrons. The first kappa shape index (κ1) is 23.6. The predicted molar refractivity (Wildman–Crippen MR) is 131 cm³/mol. The van der Waals surface area contributed by atoms with Gasteiger partial charge in [0.1, 0.15) is 5.69 Å². The van der Waals surface area contributed by atoms with Gasteiger partial charge >= 0.3 is 5.97 Å². The Morgan fingerprint density at radius 1 is 0.938 bits per heavy atom. The summed E-state index contributed by atoms with van der Waals surface area (Å²) in [6, 6.07) is 21.7. The topological polar surface area (TPSA) is 89.1 Å². The van der Waals surface area contributed by atoms with E-state index in [1.165, 1.54) is 0 Å². The molecule has 0 spiro atoms. The molecule has 0 unspecified atom stereocenters. The van der Waals surface area contributed by atoms with Gasteiger partial charge < -0.3 is 9.72 Å². The highest BCUT2D eigenvalue weighted by atomic mass is 79.9. The van der Waals surface area contributed by atoms with E-state index in [0.717, 1.165) is 25.5 Å². The van der Waals surface area contributed by atoms with Crippen molar-refractivity contribution in [1.29, 1.82) is 0 Å². The van der Waals surface area contributed by atoms with Crippen LogP contribution in [0.25, 0.3) is 22.3 Å². The Morgan fingerprint density at radius 2 is 1.62 bits per heavy atom. The number of aromatic amines is 1. The van der Waals surface area contributed by atoms with Crippen LogP contribution in [0.1, 0.15) is 17.3 Å². The fourth-order valence-electron chi connectivity index (χ4n) is 2.81. The molecule has 6 nitrogen and oxygen atoms in total. The number of esters is 1. The van der Waals surface area contributed by atoms with Crippen molar-refractivity contribution in [1.82, 2.24) is 9.97 Å². The third-order valence-corrected chi connectivity index (χ3v) is 5.23. The highest BCUT2D eigenvalue weighted by Gasteiger charge is 2.17. The summed E-state index contributed by atoms with van der Waals surface area (Å²) < 4.78 is 6.28. The molecule has 0 saturated heterocycles. The average molecular weight is 558 g/mol. The SMILES string of the molecule is CCOC(=O)C(=O)c1cccc(Br)c1.O=c1[nH]c2ccccc2nc1-c1cccc(Br)c1. The molecule has 0 radical (unpaired) electrons. The molecule has 4 rings (SSSR count). The summed E-state index contributed by atoms with van der Waals surface area (Å²) in [7, 11) is 0. The van der Waals surface area contributed by atoms with Crippen LogP contribution in [0.2, 0.25) is 0 Å². The molecule has 4 aromatic rings. The number of ketones is 1. The first-order valence-electron chi connectivity index (χ1n) is 9.61. The lowest BCUT2D eigenvalue weighted by molar-refractivity contribution is -0.137. The number of hydrogen-bond donors (Lipinski definition) is 1. The number of ether oxygens (including phenoxy) is 1. The van der Waals surface area contributed by atoms with Crippen molar-refractivity contribution in [3.63, 3.8) is 0 Å². The first-order chi connectivity index (χ1) is 15.4. The summed E-state index contributed by atoms with van der Waals surface area (Å²) in [6.07, 6.45) is 0. The molecule has 0 aliphatic carbocycles. The van der Waals surface area contributed by atoms with Crippen molar-refractivity contribution < 1.29 is 14.3 Å². The monoisotopic (exact) mass is 556 g/mol. The van der Waals surface area contributed by atoms with E-state index in [1.54, 1.807) is 31.2 Å². The number of nitrogens with zero attached hydrogens (tertiary/aromatic N) is 1. The zero-order valence-corrected chi connectivity index (χ0v) is 20.1. The fraction of sp³-hybridized carbons (Fsp3) is 0.0833. The maximum atomic E-state index is 12.0. The highest BCUT2D eigenvalue weighted by molar-refractivity contribution is 9.10. The van der Waals surface area contributed by atoms with Crippen LogP contribution in [-0.2, 0) is 9.53 Å². The molecule has 32 heavy (non-hydrogen) atoms. The average Bonchev–Trinajstić information content (AvgIpc) is 2.78. The summed E-state index contributed by atoms with van der Waals surface area (Å²) in [6.45, 7) is 1.87. The number of Topliss-reactive ketones (excluding diaryl/α,β-unsaturated/α-hetero) is 1. The number of fused-ring (bicyclic) bond motifs is 1. The smallest absolute Gasteiger partial charge is 0.379 e. The lowest BCUT2D eigenvalue weighted by atomic mass is 10.1. The number of halogens is 2. The van der Waals surface area contributed by atoms with Gasteiger partial charge in [0, 0.05) is 20.1 Å². The van der Waals surface area contributed by atoms with Crippen molar-refractivity contribution in [3.8, 4) is 11.3 Å². The predicted octanol–water partition coefficient (Wildman–Crippen LogP) is 5.55. The van der Waals surface area contributed by atoms with Crippen LogP contribution in [-0.4, -0.2) is 28.3 Å². The normalized spacial score (nSPS) is 10.2. The van der Waals surface area contributed by atoms with Crippen LogP contribution in [0, 0.1) is 0 Å². The molecule has 1 aromatic heterocycles. The minimum absolute atomic E-state index is 0.174. The molecule has 0 aliphatic heterocycles. The Bertz CT molecular complexity index is 1330. The number of aromatic nitrogens is 2. The minimum atomic E-state index is -0.814. The van der Waals surface area contributed by atoms with Gasteiger partial charge in [0.05, 0.1) is 17.6 Å². The third kappa shape index (κ3) is 5.99. The molecule has 0 saturated carbocycles. The lowest BCUT2D eigenvalue weighted by Gasteiger charge is -2.03. The van der Waals surface area contributed by atoms with Gasteiger partial charge in [0.2, 0.25) is 0 Å². The number of H-pyrrole nitrogens is 1. The van der Waals surface area contributed by atoms with Crippen LogP contribution < -0.4 is 5.56 Å². The number of benzene rings is 3. The maximum absolute atomic E-state index is 12.0. The zero-order valence-electron chi connectivity index (χ0n) is 17.0. The Balaban J connectivity index is 0.000000188. The lowest BCUT2D eigenvalue weighted by Crippen LogP contribution is -2.17. The number of carbonyl (C=O) groups excluding carboxylic acids is 2. The van der Waals surface area contributed by atoms with E-state index in [9.17, 15) is 14.4 Å². The van der Waals surface area contributed by atoms with E-state index < -0.39 is 11.8 Å². The molecule has 0 atom stereocenters. The summed E-state index contributed by atoms with van der Waals surface area (Å²) in [5.41, 5.74) is 2.93. The number of para-hydroxylation sites is 2. The van der Waals surface area contributed by atoms with E-state index in [2.05, 4.69) is 46.6 Å². The fourth-order valence-corrected chi connectivity index (χ4v) is 3.60. The molecular weight excluding hydrogens is 540 g/mol. The molecule has 0 aliphatic rings. The molecule has 0 fully saturated rings. The largest absolute Gasteiger partial charge is 0.460 e. The van der Waals surface area contributed by atoms with Gasteiger partial charge in [-0.05, 0) is 43.3 Å². The van der Waals surface area contributed by atoms with E-state index in [4.69, 9.17) is 0 Å². The first-order valence-corrected chi connectivity index (χ1v) is 11.2. The molecule has 1 N–H and O–H groups in total. The third-order valence-electron chi connectivity index (χ3n) is 4.25. The summed E-state index contributed by atoms with van der Waals surface area (Å²) in [5.74, 6) is -1.43. The van der Waals surface area contributed by atoms with Gasteiger partial charge in [0.25, 0.3) is 11.3 Å². The quantitative estimate of drug-likeness (QED) is 0.202. The zero-order chi connectivity index (χ0) is 23.1. The summed E-state index contributed by atoms with van der Waals surface area (Å²) in [5, 5.41) is 0. The standard InChI is InChI=1S/C14H9BrN2O.C10H9BrO3/c15-10-5-3-4-9(8-10)13-14(18)17-12-7-2-1-6-11(12)16-13;1-2-14-10(13)9(12)7-4-3-5-8(11)6-7/h1-8H,(H,17,18);3-6H,2H2,1H3.